The number of hydrogen-bond acceptors (Lipinski definition) is 4. The second kappa shape index (κ2) is 6.76. The Labute approximate surface area is 136 Å². The fourth-order valence-corrected chi connectivity index (χ4v) is 3.45. The van der Waals surface area contributed by atoms with E-state index in [1.807, 2.05) is 6.92 Å². The lowest BCUT2D eigenvalue weighted by Gasteiger charge is -2.36. The van der Waals surface area contributed by atoms with Crippen LogP contribution in [0.1, 0.15) is 53.9 Å². The van der Waals surface area contributed by atoms with Crippen molar-refractivity contribution in [2.24, 2.45) is 11.3 Å². The number of carboxylic acid groups (broad SMARTS) is 2. The molecule has 7 nitrogen and oxygen atoms in total. The summed E-state index contributed by atoms with van der Waals surface area (Å²) in [6, 6.07) is -0.461. The van der Waals surface area contributed by atoms with Gasteiger partial charge in [0.2, 0.25) is 0 Å². The molecule has 1 heterocycles. The fourth-order valence-electron chi connectivity index (χ4n) is 3.45. The van der Waals surface area contributed by atoms with Crippen molar-refractivity contribution < 1.29 is 29.3 Å². The molecule has 7 heteroatoms. The molecule has 2 N–H and O–H groups in total. The Balaban J connectivity index is 3.14. The molecular weight excluding hydrogens is 302 g/mol. The summed E-state index contributed by atoms with van der Waals surface area (Å²) in [5.74, 6) is -3.33. The number of hydrogen-bond donors (Lipinski definition) is 2. The third-order valence-corrected chi connectivity index (χ3v) is 4.55. The standard InChI is InChI=1S/C16H27NO6/c1-6-11-10(16(7-2,12(18)19)13(20)21)8-9-17(11)14(22)23-15(3,4)5/h10-11H,6-9H2,1-5H3,(H,18,19)(H,20,21)/t10?,11-/m1/s1. The number of likely N-dealkylation sites (tertiary alicyclic amines) is 1. The van der Waals surface area contributed by atoms with Crippen molar-refractivity contribution in [2.45, 2.75) is 65.5 Å². The van der Waals surface area contributed by atoms with Gasteiger partial charge < -0.3 is 19.8 Å². The molecule has 0 aromatic heterocycles. The number of carbonyl (C=O) groups is 3. The van der Waals surface area contributed by atoms with Gasteiger partial charge in [0.15, 0.2) is 5.41 Å². The summed E-state index contributed by atoms with van der Waals surface area (Å²) in [6.45, 7) is 8.95. The van der Waals surface area contributed by atoms with Crippen molar-refractivity contribution in [1.29, 1.82) is 0 Å². The molecule has 1 saturated heterocycles. The average molecular weight is 329 g/mol. The zero-order valence-electron chi connectivity index (χ0n) is 14.5. The second-order valence-electron chi connectivity index (χ2n) is 6.98. The predicted octanol–water partition coefficient (Wildman–Crippen LogP) is 2.59. The van der Waals surface area contributed by atoms with E-state index in [9.17, 15) is 24.6 Å². The number of aliphatic carboxylic acids is 2. The predicted molar refractivity (Wildman–Crippen MR) is 83.1 cm³/mol. The molecular formula is C16H27NO6. The first kappa shape index (κ1) is 19.3. The maximum Gasteiger partial charge on any atom is 0.410 e. The Morgan fingerprint density at radius 2 is 1.65 bits per heavy atom. The summed E-state index contributed by atoms with van der Waals surface area (Å²) in [5, 5.41) is 19.1. The van der Waals surface area contributed by atoms with Crippen LogP contribution in [0, 0.1) is 11.3 Å². The Morgan fingerprint density at radius 1 is 1.13 bits per heavy atom. The molecule has 1 amide bonds. The number of nitrogens with zero attached hydrogens (tertiary/aromatic N) is 1. The summed E-state index contributed by atoms with van der Waals surface area (Å²) in [4.78, 5) is 37.3. The normalized spacial score (nSPS) is 22.0. The van der Waals surface area contributed by atoms with Gasteiger partial charge in [0.25, 0.3) is 0 Å². The molecule has 0 aliphatic carbocycles. The molecule has 2 atom stereocenters. The topological polar surface area (TPSA) is 104 Å². The molecule has 1 aliphatic rings. The van der Waals surface area contributed by atoms with E-state index < -0.39 is 41.0 Å². The van der Waals surface area contributed by atoms with Crippen LogP contribution in [0.15, 0.2) is 0 Å². The lowest BCUT2D eigenvalue weighted by molar-refractivity contribution is -0.170. The number of amides is 1. The van der Waals surface area contributed by atoms with Gasteiger partial charge in [-0.25, -0.2) is 4.79 Å². The van der Waals surface area contributed by atoms with Crippen molar-refractivity contribution in [1.82, 2.24) is 4.90 Å². The van der Waals surface area contributed by atoms with E-state index in [2.05, 4.69) is 0 Å². The summed E-state index contributed by atoms with van der Waals surface area (Å²) in [5.41, 5.74) is -2.54. The summed E-state index contributed by atoms with van der Waals surface area (Å²) >= 11 is 0. The SMILES string of the molecule is CC[C@@H]1C(C(CC)(C(=O)O)C(=O)O)CCN1C(=O)OC(C)(C)C. The highest BCUT2D eigenvalue weighted by Gasteiger charge is 2.57. The lowest BCUT2D eigenvalue weighted by Crippen LogP contribution is -2.51. The number of ether oxygens (including phenoxy) is 1. The zero-order chi connectivity index (χ0) is 18.0. The first-order valence-electron chi connectivity index (χ1n) is 7.97. The fraction of sp³-hybridized carbons (Fsp3) is 0.812. The number of carbonyl (C=O) groups excluding carboxylic acids is 1. The maximum atomic E-state index is 12.3. The summed E-state index contributed by atoms with van der Waals surface area (Å²) in [7, 11) is 0. The van der Waals surface area contributed by atoms with Crippen molar-refractivity contribution in [2.75, 3.05) is 6.54 Å². The monoisotopic (exact) mass is 329 g/mol. The zero-order valence-corrected chi connectivity index (χ0v) is 14.5. The van der Waals surface area contributed by atoms with Crippen molar-refractivity contribution in [3.8, 4) is 0 Å². The summed E-state index contributed by atoms with van der Waals surface area (Å²) in [6.07, 6.45) is 0.268. The van der Waals surface area contributed by atoms with Crippen LogP contribution in [0.3, 0.4) is 0 Å². The Morgan fingerprint density at radius 3 is 2.00 bits per heavy atom. The van der Waals surface area contributed by atoms with E-state index in [1.54, 1.807) is 27.7 Å². The van der Waals surface area contributed by atoms with E-state index >= 15 is 0 Å². The van der Waals surface area contributed by atoms with Gasteiger partial charge in [-0.2, -0.15) is 0 Å². The van der Waals surface area contributed by atoms with Gasteiger partial charge in [0.05, 0.1) is 0 Å². The van der Waals surface area contributed by atoms with Gasteiger partial charge in [-0.3, -0.25) is 9.59 Å². The molecule has 1 rings (SSSR count). The van der Waals surface area contributed by atoms with E-state index in [-0.39, 0.29) is 6.42 Å². The van der Waals surface area contributed by atoms with Crippen LogP contribution in [-0.4, -0.2) is 51.3 Å². The molecule has 23 heavy (non-hydrogen) atoms. The maximum absolute atomic E-state index is 12.3. The van der Waals surface area contributed by atoms with Crippen LogP contribution in [0.5, 0.6) is 0 Å². The van der Waals surface area contributed by atoms with Crippen LogP contribution in [-0.2, 0) is 14.3 Å². The van der Waals surface area contributed by atoms with Gasteiger partial charge in [-0.1, -0.05) is 13.8 Å². The van der Waals surface area contributed by atoms with Crippen molar-refractivity contribution >= 4 is 18.0 Å². The largest absolute Gasteiger partial charge is 0.480 e. The Hall–Kier alpha value is -1.79. The third kappa shape index (κ3) is 3.59. The van der Waals surface area contributed by atoms with E-state index in [4.69, 9.17) is 4.74 Å². The van der Waals surface area contributed by atoms with Crippen LogP contribution in [0.4, 0.5) is 4.79 Å². The van der Waals surface area contributed by atoms with Crippen LogP contribution < -0.4 is 0 Å². The van der Waals surface area contributed by atoms with Gasteiger partial charge in [0, 0.05) is 18.5 Å². The molecule has 0 bridgehead atoms. The van der Waals surface area contributed by atoms with E-state index in [1.165, 1.54) is 4.90 Å². The Bertz CT molecular complexity index is 467. The molecule has 132 valence electrons. The van der Waals surface area contributed by atoms with E-state index in [0.29, 0.717) is 19.4 Å². The minimum Gasteiger partial charge on any atom is -0.480 e. The van der Waals surface area contributed by atoms with Crippen LogP contribution in [0.2, 0.25) is 0 Å². The quantitative estimate of drug-likeness (QED) is 0.751. The minimum atomic E-state index is -1.88. The van der Waals surface area contributed by atoms with Gasteiger partial charge >= 0.3 is 18.0 Å². The molecule has 1 fully saturated rings. The molecule has 0 aromatic carbocycles. The molecule has 1 aliphatic heterocycles. The first-order valence-corrected chi connectivity index (χ1v) is 7.97. The highest BCUT2D eigenvalue weighted by molar-refractivity contribution is 5.98. The lowest BCUT2D eigenvalue weighted by atomic mass is 9.69. The van der Waals surface area contributed by atoms with Crippen LogP contribution in [0.25, 0.3) is 0 Å². The highest BCUT2D eigenvalue weighted by atomic mass is 16.6. The highest BCUT2D eigenvalue weighted by Crippen LogP contribution is 2.44. The number of carboxylic acids is 2. The van der Waals surface area contributed by atoms with Crippen LogP contribution >= 0.6 is 0 Å². The van der Waals surface area contributed by atoms with E-state index in [0.717, 1.165) is 0 Å². The second-order valence-corrected chi connectivity index (χ2v) is 6.98. The molecule has 0 aromatic rings. The minimum absolute atomic E-state index is 0.0268. The molecule has 0 radical (unpaired) electrons. The number of rotatable bonds is 5. The molecule has 0 spiro atoms. The molecule has 1 unspecified atom stereocenters. The smallest absolute Gasteiger partial charge is 0.410 e. The molecule has 0 saturated carbocycles. The third-order valence-electron chi connectivity index (χ3n) is 4.55. The summed E-state index contributed by atoms with van der Waals surface area (Å²) < 4.78 is 5.36. The van der Waals surface area contributed by atoms with Crippen molar-refractivity contribution in [3.05, 3.63) is 0 Å². The average Bonchev–Trinajstić information content (AvgIpc) is 2.81. The van der Waals surface area contributed by atoms with Crippen molar-refractivity contribution in [3.63, 3.8) is 0 Å². The van der Waals surface area contributed by atoms with Gasteiger partial charge in [-0.05, 0) is 40.0 Å². The van der Waals surface area contributed by atoms with Gasteiger partial charge in [0.1, 0.15) is 5.60 Å². The van der Waals surface area contributed by atoms with Gasteiger partial charge in [-0.15, -0.1) is 0 Å². The Kier molecular flexibility index (Phi) is 5.66. The first-order chi connectivity index (χ1) is 10.5.